The summed E-state index contributed by atoms with van der Waals surface area (Å²) < 4.78 is 1.33. The van der Waals surface area contributed by atoms with E-state index in [0.717, 1.165) is 16.8 Å². The maximum atomic E-state index is 5.82. The van der Waals surface area contributed by atoms with Crippen LogP contribution in [0.4, 0.5) is 5.82 Å². The number of aromatic nitrogens is 2. The van der Waals surface area contributed by atoms with Gasteiger partial charge in [0, 0.05) is 5.56 Å². The molecule has 15 heavy (non-hydrogen) atoms. The summed E-state index contributed by atoms with van der Waals surface area (Å²) in [5.41, 5.74) is 9.97. The van der Waals surface area contributed by atoms with Crippen molar-refractivity contribution in [3.63, 3.8) is 0 Å². The Morgan fingerprint density at radius 2 is 2.00 bits per heavy atom. The second kappa shape index (κ2) is 3.31. The number of benzene rings is 1. The first-order valence-corrected chi connectivity index (χ1v) is 4.75. The lowest BCUT2D eigenvalue weighted by Crippen LogP contribution is -2.10. The summed E-state index contributed by atoms with van der Waals surface area (Å²) in [7, 11) is 0. The first-order chi connectivity index (χ1) is 7.09. The van der Waals surface area contributed by atoms with Gasteiger partial charge in [0.2, 0.25) is 0 Å². The molecule has 0 bridgehead atoms. The lowest BCUT2D eigenvalue weighted by molar-refractivity contribution is 1.01. The predicted octanol–water partition coefficient (Wildman–Crippen LogP) is 1.46. The second-order valence-electron chi connectivity index (χ2n) is 3.70. The molecule has 78 valence electrons. The van der Waals surface area contributed by atoms with Crippen molar-refractivity contribution in [1.82, 2.24) is 9.66 Å². The molecule has 0 saturated carbocycles. The van der Waals surface area contributed by atoms with Crippen LogP contribution in [0.5, 0.6) is 0 Å². The van der Waals surface area contributed by atoms with E-state index in [0.29, 0.717) is 5.82 Å². The third-order valence-corrected chi connectivity index (χ3v) is 2.47. The highest BCUT2D eigenvalue weighted by atomic mass is 15.3. The second-order valence-corrected chi connectivity index (χ2v) is 3.70. The minimum Gasteiger partial charge on any atom is -0.382 e. The summed E-state index contributed by atoms with van der Waals surface area (Å²) in [6.45, 7) is 4.10. The molecule has 2 rings (SSSR count). The average molecular weight is 202 g/mol. The Hall–Kier alpha value is -1.97. The van der Waals surface area contributed by atoms with Crippen molar-refractivity contribution in [3.8, 4) is 11.3 Å². The molecule has 4 nitrogen and oxygen atoms in total. The van der Waals surface area contributed by atoms with Crippen molar-refractivity contribution < 1.29 is 0 Å². The SMILES string of the molecule is Cc1ccc(-c2ncn(N)c2N)c(C)c1. The molecule has 0 spiro atoms. The topological polar surface area (TPSA) is 69.9 Å². The molecular formula is C11H14N4. The average Bonchev–Trinajstić information content (AvgIpc) is 2.49. The van der Waals surface area contributed by atoms with Crippen LogP contribution >= 0.6 is 0 Å². The van der Waals surface area contributed by atoms with Gasteiger partial charge in [-0.25, -0.2) is 9.66 Å². The number of imidazole rings is 1. The largest absolute Gasteiger partial charge is 0.382 e. The van der Waals surface area contributed by atoms with Crippen LogP contribution in [-0.4, -0.2) is 9.66 Å². The van der Waals surface area contributed by atoms with Crippen LogP contribution in [-0.2, 0) is 0 Å². The summed E-state index contributed by atoms with van der Waals surface area (Å²) in [6, 6.07) is 6.16. The van der Waals surface area contributed by atoms with Gasteiger partial charge in [0.15, 0.2) is 5.82 Å². The van der Waals surface area contributed by atoms with E-state index in [1.165, 1.54) is 16.6 Å². The summed E-state index contributed by atoms with van der Waals surface area (Å²) >= 11 is 0. The third-order valence-electron chi connectivity index (χ3n) is 2.47. The zero-order chi connectivity index (χ0) is 11.0. The molecule has 1 aromatic heterocycles. The van der Waals surface area contributed by atoms with E-state index in [-0.39, 0.29) is 0 Å². The summed E-state index contributed by atoms with van der Waals surface area (Å²) in [4.78, 5) is 4.19. The minimum absolute atomic E-state index is 0.488. The molecule has 0 amide bonds. The molecular weight excluding hydrogens is 188 g/mol. The Morgan fingerprint density at radius 3 is 2.53 bits per heavy atom. The maximum absolute atomic E-state index is 5.82. The molecule has 0 aliphatic rings. The zero-order valence-electron chi connectivity index (χ0n) is 8.86. The quantitative estimate of drug-likeness (QED) is 0.688. The van der Waals surface area contributed by atoms with E-state index in [1.807, 2.05) is 19.1 Å². The Morgan fingerprint density at radius 1 is 1.27 bits per heavy atom. The molecule has 0 aliphatic heterocycles. The first-order valence-electron chi connectivity index (χ1n) is 4.75. The molecule has 2 aromatic rings. The van der Waals surface area contributed by atoms with Crippen molar-refractivity contribution in [2.75, 3.05) is 11.6 Å². The highest BCUT2D eigenvalue weighted by Gasteiger charge is 2.10. The predicted molar refractivity (Wildman–Crippen MR) is 61.7 cm³/mol. The van der Waals surface area contributed by atoms with Gasteiger partial charge in [-0.3, -0.25) is 0 Å². The molecule has 0 unspecified atom stereocenters. The van der Waals surface area contributed by atoms with E-state index in [9.17, 15) is 0 Å². The van der Waals surface area contributed by atoms with Gasteiger partial charge in [0.05, 0.1) is 0 Å². The van der Waals surface area contributed by atoms with Gasteiger partial charge in [-0.1, -0.05) is 23.8 Å². The van der Waals surface area contributed by atoms with Crippen LogP contribution in [0, 0.1) is 13.8 Å². The van der Waals surface area contributed by atoms with Crippen LogP contribution in [0.2, 0.25) is 0 Å². The summed E-state index contributed by atoms with van der Waals surface area (Å²) in [6.07, 6.45) is 1.52. The normalized spacial score (nSPS) is 10.5. The molecule has 0 saturated heterocycles. The fraction of sp³-hybridized carbons (Fsp3) is 0.182. The van der Waals surface area contributed by atoms with Crippen molar-refractivity contribution >= 4 is 5.82 Å². The van der Waals surface area contributed by atoms with Gasteiger partial charge >= 0.3 is 0 Å². The Labute approximate surface area is 88.5 Å². The molecule has 0 aliphatic carbocycles. The van der Waals surface area contributed by atoms with Gasteiger partial charge in [-0.05, 0) is 19.4 Å². The number of nitrogen functional groups attached to an aromatic ring is 2. The van der Waals surface area contributed by atoms with Gasteiger partial charge in [-0.15, -0.1) is 0 Å². The highest BCUT2D eigenvalue weighted by molar-refractivity contribution is 5.73. The number of nitrogens with zero attached hydrogens (tertiary/aromatic N) is 2. The number of nitrogens with two attached hydrogens (primary N) is 2. The van der Waals surface area contributed by atoms with E-state index in [4.69, 9.17) is 11.6 Å². The lowest BCUT2D eigenvalue weighted by Gasteiger charge is -2.05. The third kappa shape index (κ3) is 1.54. The van der Waals surface area contributed by atoms with Crippen LogP contribution < -0.4 is 11.6 Å². The lowest BCUT2D eigenvalue weighted by atomic mass is 10.0. The fourth-order valence-corrected chi connectivity index (χ4v) is 1.66. The number of hydrogen-bond acceptors (Lipinski definition) is 3. The van der Waals surface area contributed by atoms with E-state index >= 15 is 0 Å². The number of anilines is 1. The molecule has 4 heteroatoms. The van der Waals surface area contributed by atoms with Crippen LogP contribution in [0.25, 0.3) is 11.3 Å². The molecule has 0 atom stereocenters. The van der Waals surface area contributed by atoms with Crippen molar-refractivity contribution in [2.45, 2.75) is 13.8 Å². The van der Waals surface area contributed by atoms with Crippen LogP contribution in [0.1, 0.15) is 11.1 Å². The molecule has 4 N–H and O–H groups in total. The maximum Gasteiger partial charge on any atom is 0.150 e. The highest BCUT2D eigenvalue weighted by Crippen LogP contribution is 2.26. The van der Waals surface area contributed by atoms with Crippen molar-refractivity contribution in [1.29, 1.82) is 0 Å². The fourth-order valence-electron chi connectivity index (χ4n) is 1.66. The summed E-state index contributed by atoms with van der Waals surface area (Å²) in [5, 5.41) is 0. The van der Waals surface area contributed by atoms with Gasteiger partial charge < -0.3 is 11.6 Å². The molecule has 1 aromatic carbocycles. The summed E-state index contributed by atoms with van der Waals surface area (Å²) in [5.74, 6) is 6.08. The van der Waals surface area contributed by atoms with E-state index in [1.54, 1.807) is 0 Å². The molecule has 0 fully saturated rings. The molecule has 1 heterocycles. The van der Waals surface area contributed by atoms with E-state index < -0.39 is 0 Å². The Bertz CT molecular complexity index is 499. The van der Waals surface area contributed by atoms with Gasteiger partial charge in [-0.2, -0.15) is 0 Å². The van der Waals surface area contributed by atoms with Crippen molar-refractivity contribution in [3.05, 3.63) is 35.7 Å². The monoisotopic (exact) mass is 202 g/mol. The zero-order valence-corrected chi connectivity index (χ0v) is 8.86. The minimum atomic E-state index is 0.488. The number of hydrogen-bond donors (Lipinski definition) is 2. The van der Waals surface area contributed by atoms with E-state index in [2.05, 4.69) is 18.0 Å². The van der Waals surface area contributed by atoms with Gasteiger partial charge in [0.25, 0.3) is 0 Å². The number of rotatable bonds is 1. The smallest absolute Gasteiger partial charge is 0.150 e. The van der Waals surface area contributed by atoms with Crippen LogP contribution in [0.15, 0.2) is 24.5 Å². The number of aryl methyl sites for hydroxylation is 2. The van der Waals surface area contributed by atoms with Crippen LogP contribution in [0.3, 0.4) is 0 Å². The Kier molecular flexibility index (Phi) is 2.11. The van der Waals surface area contributed by atoms with Crippen molar-refractivity contribution in [2.24, 2.45) is 0 Å². The van der Waals surface area contributed by atoms with Gasteiger partial charge in [0.1, 0.15) is 12.0 Å². The Balaban J connectivity index is 2.59. The first kappa shape index (κ1) is 9.58. The molecule has 0 radical (unpaired) electrons. The standard InChI is InChI=1S/C11H14N4/c1-7-3-4-9(8(2)5-7)10-11(12)15(13)6-14-10/h3-6H,12-13H2,1-2H3.